The van der Waals surface area contributed by atoms with Crippen molar-refractivity contribution >= 4 is 15.9 Å². The second kappa shape index (κ2) is 9.55. The summed E-state index contributed by atoms with van der Waals surface area (Å²) in [5.74, 6) is 0.883. The third-order valence-corrected chi connectivity index (χ3v) is 3.24. The molecule has 0 amide bonds. The van der Waals surface area contributed by atoms with E-state index in [0.717, 1.165) is 34.4 Å². The average Bonchev–Trinajstić information content (AvgIpc) is 2.48. The zero-order valence-electron chi connectivity index (χ0n) is 11.6. The van der Waals surface area contributed by atoms with Crippen LogP contribution in [0.1, 0.15) is 11.1 Å². The fourth-order valence-corrected chi connectivity index (χ4v) is 2.19. The van der Waals surface area contributed by atoms with E-state index in [1.807, 2.05) is 36.5 Å². The highest BCUT2D eigenvalue weighted by Gasteiger charge is 2.05. The Morgan fingerprint density at radius 2 is 2.19 bits per heavy atom. The molecule has 0 aliphatic rings. The second-order valence-corrected chi connectivity index (χ2v) is 5.24. The van der Waals surface area contributed by atoms with Gasteiger partial charge in [0, 0.05) is 41.1 Å². The van der Waals surface area contributed by atoms with Crippen LogP contribution in [-0.4, -0.2) is 11.5 Å². The van der Waals surface area contributed by atoms with Crippen LogP contribution < -0.4 is 22.5 Å². The molecule has 0 spiro atoms. The first-order chi connectivity index (χ1) is 9.79. The standard InChI is InChI=1S/C16H17BrN2O.ClH/c1-2-7-18-11-14-9-15(17)5-6-16(14)20-12-13-4-3-8-19-10-13;/h2-6,8-10,18H,1,7,11-12H2;1H/p-1. The molecule has 0 saturated carbocycles. The summed E-state index contributed by atoms with van der Waals surface area (Å²) in [6.07, 6.45) is 5.41. The molecule has 2 rings (SSSR count). The summed E-state index contributed by atoms with van der Waals surface area (Å²) in [5, 5.41) is 3.29. The van der Waals surface area contributed by atoms with Gasteiger partial charge in [-0.25, -0.2) is 0 Å². The summed E-state index contributed by atoms with van der Waals surface area (Å²) in [6.45, 7) is 5.73. The summed E-state index contributed by atoms with van der Waals surface area (Å²) >= 11 is 3.49. The minimum absolute atomic E-state index is 0. The highest BCUT2D eigenvalue weighted by Crippen LogP contribution is 2.24. The van der Waals surface area contributed by atoms with Gasteiger partial charge in [0.05, 0.1) is 0 Å². The van der Waals surface area contributed by atoms with Gasteiger partial charge >= 0.3 is 0 Å². The summed E-state index contributed by atoms with van der Waals surface area (Å²) in [7, 11) is 0. The van der Waals surface area contributed by atoms with Gasteiger partial charge in [-0.05, 0) is 24.3 Å². The third-order valence-electron chi connectivity index (χ3n) is 2.74. The molecule has 0 atom stereocenters. The largest absolute Gasteiger partial charge is 1.00 e. The van der Waals surface area contributed by atoms with Crippen molar-refractivity contribution in [3.63, 3.8) is 0 Å². The summed E-state index contributed by atoms with van der Waals surface area (Å²) in [4.78, 5) is 4.08. The quantitative estimate of drug-likeness (QED) is 0.577. The fraction of sp³-hybridized carbons (Fsp3) is 0.188. The van der Waals surface area contributed by atoms with Crippen molar-refractivity contribution in [1.82, 2.24) is 10.3 Å². The first-order valence-electron chi connectivity index (χ1n) is 6.41. The number of rotatable bonds is 7. The molecule has 0 aliphatic carbocycles. The Morgan fingerprint density at radius 1 is 1.33 bits per heavy atom. The Morgan fingerprint density at radius 3 is 2.90 bits per heavy atom. The van der Waals surface area contributed by atoms with Gasteiger partial charge in [0.15, 0.2) is 0 Å². The molecule has 0 unspecified atom stereocenters. The number of halogens is 2. The number of nitrogens with zero attached hydrogens (tertiary/aromatic N) is 1. The van der Waals surface area contributed by atoms with E-state index in [9.17, 15) is 0 Å². The zero-order valence-corrected chi connectivity index (χ0v) is 13.9. The van der Waals surface area contributed by atoms with Crippen LogP contribution in [0.2, 0.25) is 0 Å². The van der Waals surface area contributed by atoms with Crippen molar-refractivity contribution in [2.75, 3.05) is 6.54 Å². The average molecular weight is 369 g/mol. The molecule has 112 valence electrons. The van der Waals surface area contributed by atoms with Crippen LogP contribution in [0, 0.1) is 0 Å². The van der Waals surface area contributed by atoms with Gasteiger partial charge in [-0.3, -0.25) is 4.98 Å². The first-order valence-corrected chi connectivity index (χ1v) is 7.20. The van der Waals surface area contributed by atoms with Gasteiger partial charge in [-0.15, -0.1) is 6.58 Å². The number of nitrogens with one attached hydrogen (secondary N) is 1. The lowest BCUT2D eigenvalue weighted by Crippen LogP contribution is -3.00. The molecule has 1 aromatic heterocycles. The molecule has 21 heavy (non-hydrogen) atoms. The van der Waals surface area contributed by atoms with E-state index in [2.05, 4.69) is 38.9 Å². The molecule has 0 radical (unpaired) electrons. The van der Waals surface area contributed by atoms with Crippen molar-refractivity contribution in [2.24, 2.45) is 0 Å². The van der Waals surface area contributed by atoms with E-state index in [1.165, 1.54) is 0 Å². The van der Waals surface area contributed by atoms with E-state index in [4.69, 9.17) is 4.74 Å². The van der Waals surface area contributed by atoms with Crippen LogP contribution in [0.25, 0.3) is 0 Å². The predicted molar refractivity (Wildman–Crippen MR) is 84.6 cm³/mol. The normalized spacial score (nSPS) is 9.76. The first kappa shape index (κ1) is 17.7. The maximum absolute atomic E-state index is 5.88. The minimum Gasteiger partial charge on any atom is -1.00 e. The lowest BCUT2D eigenvalue weighted by atomic mass is 10.2. The van der Waals surface area contributed by atoms with E-state index in [-0.39, 0.29) is 12.4 Å². The molecule has 2 aromatic rings. The van der Waals surface area contributed by atoms with E-state index >= 15 is 0 Å². The van der Waals surface area contributed by atoms with Gasteiger partial charge in [0.25, 0.3) is 0 Å². The van der Waals surface area contributed by atoms with Crippen LogP contribution >= 0.6 is 15.9 Å². The maximum atomic E-state index is 5.88. The van der Waals surface area contributed by atoms with Crippen molar-refractivity contribution in [1.29, 1.82) is 0 Å². The Bertz CT molecular complexity index is 563. The van der Waals surface area contributed by atoms with E-state index in [0.29, 0.717) is 6.61 Å². The number of benzene rings is 1. The molecule has 0 saturated heterocycles. The molecule has 3 nitrogen and oxygen atoms in total. The third kappa shape index (κ3) is 5.87. The van der Waals surface area contributed by atoms with Gasteiger partial charge in [0.2, 0.25) is 0 Å². The van der Waals surface area contributed by atoms with Crippen molar-refractivity contribution < 1.29 is 17.1 Å². The number of hydrogen-bond acceptors (Lipinski definition) is 3. The fourth-order valence-electron chi connectivity index (χ4n) is 1.78. The SMILES string of the molecule is C=CCNCc1cc(Br)ccc1OCc1cccnc1.[Cl-]. The van der Waals surface area contributed by atoms with Gasteiger partial charge in [-0.2, -0.15) is 0 Å². The monoisotopic (exact) mass is 367 g/mol. The Kier molecular flexibility index (Phi) is 8.05. The second-order valence-electron chi connectivity index (χ2n) is 4.32. The topological polar surface area (TPSA) is 34.1 Å². The van der Waals surface area contributed by atoms with Crippen molar-refractivity contribution in [2.45, 2.75) is 13.2 Å². The van der Waals surface area contributed by atoms with Crippen LogP contribution in [0.4, 0.5) is 0 Å². The number of aromatic nitrogens is 1. The molecule has 0 bridgehead atoms. The van der Waals surface area contributed by atoms with E-state index < -0.39 is 0 Å². The summed E-state index contributed by atoms with van der Waals surface area (Å²) in [5.41, 5.74) is 2.17. The van der Waals surface area contributed by atoms with E-state index in [1.54, 1.807) is 6.20 Å². The smallest absolute Gasteiger partial charge is 0.124 e. The minimum atomic E-state index is 0. The predicted octanol–water partition coefficient (Wildman–Crippen LogP) is 0.703. The van der Waals surface area contributed by atoms with Crippen LogP contribution in [0.15, 0.2) is 59.9 Å². The molecular weight excluding hydrogens is 352 g/mol. The highest BCUT2D eigenvalue weighted by atomic mass is 79.9. The van der Waals surface area contributed by atoms with Crippen LogP contribution in [0.3, 0.4) is 0 Å². The lowest BCUT2D eigenvalue weighted by molar-refractivity contribution is -0.00000435. The maximum Gasteiger partial charge on any atom is 0.124 e. The Hall–Kier alpha value is -1.36. The zero-order chi connectivity index (χ0) is 14.2. The van der Waals surface area contributed by atoms with Crippen LogP contribution in [-0.2, 0) is 13.2 Å². The molecule has 5 heteroatoms. The van der Waals surface area contributed by atoms with Gasteiger partial charge < -0.3 is 22.5 Å². The molecular formula is C16H17BrClN2O-. The Labute approximate surface area is 140 Å². The number of pyridine rings is 1. The molecule has 1 heterocycles. The molecule has 0 fully saturated rings. The number of hydrogen-bond donors (Lipinski definition) is 1. The molecule has 1 aromatic carbocycles. The lowest BCUT2D eigenvalue weighted by Gasteiger charge is -2.12. The van der Waals surface area contributed by atoms with Gasteiger partial charge in [-0.1, -0.05) is 28.1 Å². The van der Waals surface area contributed by atoms with Crippen molar-refractivity contribution in [3.8, 4) is 5.75 Å². The molecule has 0 aliphatic heterocycles. The highest BCUT2D eigenvalue weighted by molar-refractivity contribution is 9.10. The van der Waals surface area contributed by atoms with Crippen LogP contribution in [0.5, 0.6) is 5.75 Å². The summed E-state index contributed by atoms with van der Waals surface area (Å²) in [6, 6.07) is 9.93. The van der Waals surface area contributed by atoms with Gasteiger partial charge in [0.1, 0.15) is 12.4 Å². The Balaban J connectivity index is 0.00000220. The summed E-state index contributed by atoms with van der Waals surface area (Å²) < 4.78 is 6.93. The number of ether oxygens (including phenoxy) is 1. The van der Waals surface area contributed by atoms with Crippen molar-refractivity contribution in [3.05, 3.63) is 71.0 Å². The molecule has 1 N–H and O–H groups in total.